The van der Waals surface area contributed by atoms with Crippen LogP contribution in [-0.2, 0) is 6.42 Å². The Morgan fingerprint density at radius 1 is 1.37 bits per heavy atom. The zero-order valence-electron chi connectivity index (χ0n) is 11.1. The molecule has 0 aromatic heterocycles. The first kappa shape index (κ1) is 13.6. The van der Waals surface area contributed by atoms with Crippen molar-refractivity contribution in [2.45, 2.75) is 26.2 Å². The van der Waals surface area contributed by atoms with Gasteiger partial charge in [-0.3, -0.25) is 0 Å². The van der Waals surface area contributed by atoms with Crippen LogP contribution in [0.4, 0.5) is 9.18 Å². The van der Waals surface area contributed by atoms with E-state index in [2.05, 4.69) is 10.6 Å². The summed E-state index contributed by atoms with van der Waals surface area (Å²) in [6.07, 6.45) is 4.94. The number of allylic oxidation sites excluding steroid dienone is 1. The van der Waals surface area contributed by atoms with E-state index >= 15 is 0 Å². The summed E-state index contributed by atoms with van der Waals surface area (Å²) in [5.41, 5.74) is 2.24. The molecular formula is C15H19FN2O. The maximum atomic E-state index is 12.7. The fourth-order valence-electron chi connectivity index (χ4n) is 1.86. The molecule has 0 heterocycles. The lowest BCUT2D eigenvalue weighted by atomic mass is 10.1. The predicted octanol–water partition coefficient (Wildman–Crippen LogP) is 2.98. The number of carbonyl (C=O) groups excluding carboxylic acids is 1. The molecule has 2 amide bonds. The minimum absolute atomic E-state index is 0.192. The van der Waals surface area contributed by atoms with Gasteiger partial charge in [0, 0.05) is 12.7 Å². The molecule has 0 bridgehead atoms. The van der Waals surface area contributed by atoms with Crippen molar-refractivity contribution in [1.82, 2.24) is 10.6 Å². The van der Waals surface area contributed by atoms with E-state index in [1.54, 1.807) is 18.3 Å². The summed E-state index contributed by atoms with van der Waals surface area (Å²) < 4.78 is 12.7. The molecule has 1 aliphatic carbocycles. The second-order valence-electron chi connectivity index (χ2n) is 4.94. The molecule has 1 aliphatic rings. The zero-order chi connectivity index (χ0) is 13.7. The third-order valence-corrected chi connectivity index (χ3v) is 3.26. The van der Waals surface area contributed by atoms with E-state index < -0.39 is 0 Å². The minimum Gasteiger partial charge on any atom is -0.338 e. The molecule has 1 aromatic carbocycles. The van der Waals surface area contributed by atoms with E-state index in [1.807, 2.05) is 6.92 Å². The number of hydrogen-bond donors (Lipinski definition) is 2. The quantitative estimate of drug-likeness (QED) is 0.841. The second kappa shape index (κ2) is 6.36. The highest BCUT2D eigenvalue weighted by atomic mass is 19.1. The summed E-state index contributed by atoms with van der Waals surface area (Å²) in [5, 5.41) is 5.50. The van der Waals surface area contributed by atoms with Gasteiger partial charge in [-0.2, -0.15) is 0 Å². The topological polar surface area (TPSA) is 41.1 Å². The molecule has 1 aromatic rings. The van der Waals surface area contributed by atoms with Crippen molar-refractivity contribution < 1.29 is 9.18 Å². The van der Waals surface area contributed by atoms with Gasteiger partial charge in [-0.1, -0.05) is 17.7 Å². The predicted molar refractivity (Wildman–Crippen MR) is 73.1 cm³/mol. The maximum Gasteiger partial charge on any atom is 0.318 e. The van der Waals surface area contributed by atoms with Crippen molar-refractivity contribution >= 4 is 6.03 Å². The first-order chi connectivity index (χ1) is 9.15. The van der Waals surface area contributed by atoms with Crippen LogP contribution in [0, 0.1) is 11.7 Å². The highest BCUT2D eigenvalue weighted by Crippen LogP contribution is 2.35. The number of rotatable bonds is 5. The van der Waals surface area contributed by atoms with E-state index in [-0.39, 0.29) is 11.8 Å². The smallest absolute Gasteiger partial charge is 0.318 e. The van der Waals surface area contributed by atoms with Crippen LogP contribution in [0.3, 0.4) is 0 Å². The molecule has 4 heteroatoms. The number of benzene rings is 1. The van der Waals surface area contributed by atoms with Crippen molar-refractivity contribution in [1.29, 1.82) is 0 Å². The van der Waals surface area contributed by atoms with E-state index in [0.717, 1.165) is 5.56 Å². The molecule has 102 valence electrons. The van der Waals surface area contributed by atoms with E-state index in [0.29, 0.717) is 18.9 Å². The van der Waals surface area contributed by atoms with Crippen LogP contribution in [0.25, 0.3) is 0 Å². The van der Waals surface area contributed by atoms with Crippen LogP contribution in [0.2, 0.25) is 0 Å². The Morgan fingerprint density at radius 2 is 2.05 bits per heavy atom. The third kappa shape index (κ3) is 4.73. The molecule has 19 heavy (non-hydrogen) atoms. The van der Waals surface area contributed by atoms with Gasteiger partial charge in [0.25, 0.3) is 0 Å². The number of urea groups is 1. The molecule has 3 nitrogen and oxygen atoms in total. The van der Waals surface area contributed by atoms with Gasteiger partial charge >= 0.3 is 6.03 Å². The van der Waals surface area contributed by atoms with Crippen LogP contribution in [-0.4, -0.2) is 12.6 Å². The van der Waals surface area contributed by atoms with E-state index in [4.69, 9.17) is 0 Å². The molecule has 1 saturated carbocycles. The highest BCUT2D eigenvalue weighted by Gasteiger charge is 2.22. The summed E-state index contributed by atoms with van der Waals surface area (Å²) in [4.78, 5) is 11.5. The van der Waals surface area contributed by atoms with Gasteiger partial charge < -0.3 is 10.6 Å². The Hall–Kier alpha value is -1.84. The van der Waals surface area contributed by atoms with Crippen LogP contribution >= 0.6 is 0 Å². The molecule has 0 radical (unpaired) electrons. The molecule has 0 spiro atoms. The van der Waals surface area contributed by atoms with Crippen molar-refractivity contribution in [3.8, 4) is 0 Å². The number of amides is 2. The van der Waals surface area contributed by atoms with Crippen LogP contribution in [0.5, 0.6) is 0 Å². The summed E-state index contributed by atoms with van der Waals surface area (Å²) in [7, 11) is 0. The second-order valence-corrected chi connectivity index (χ2v) is 4.94. The van der Waals surface area contributed by atoms with Gasteiger partial charge in [0.2, 0.25) is 0 Å². The number of halogens is 1. The fraction of sp³-hybridized carbons (Fsp3) is 0.400. The molecule has 1 fully saturated rings. The summed E-state index contributed by atoms with van der Waals surface area (Å²) in [6, 6.07) is 6.12. The Labute approximate surface area is 112 Å². The number of carbonyl (C=O) groups is 1. The lowest BCUT2D eigenvalue weighted by Crippen LogP contribution is -2.33. The minimum atomic E-state index is -0.241. The Bertz CT molecular complexity index is 464. The number of nitrogens with one attached hydrogen (secondary N) is 2. The number of hydrogen-bond acceptors (Lipinski definition) is 1. The van der Waals surface area contributed by atoms with Crippen molar-refractivity contribution in [3.63, 3.8) is 0 Å². The van der Waals surface area contributed by atoms with Gasteiger partial charge in [-0.25, -0.2) is 9.18 Å². The summed E-state index contributed by atoms with van der Waals surface area (Å²) in [6.45, 7) is 2.57. The highest BCUT2D eigenvalue weighted by molar-refractivity contribution is 5.74. The molecule has 0 unspecified atom stereocenters. The van der Waals surface area contributed by atoms with Gasteiger partial charge in [0.1, 0.15) is 5.82 Å². The first-order valence-corrected chi connectivity index (χ1v) is 6.60. The van der Waals surface area contributed by atoms with E-state index in [1.165, 1.54) is 30.5 Å². The normalized spacial score (nSPS) is 15.2. The molecule has 0 saturated heterocycles. The van der Waals surface area contributed by atoms with Crippen LogP contribution < -0.4 is 10.6 Å². The first-order valence-electron chi connectivity index (χ1n) is 6.60. The molecule has 0 aliphatic heterocycles. The Kier molecular flexibility index (Phi) is 4.55. The van der Waals surface area contributed by atoms with Gasteiger partial charge in [-0.15, -0.1) is 0 Å². The summed E-state index contributed by atoms with van der Waals surface area (Å²) >= 11 is 0. The average molecular weight is 262 g/mol. The average Bonchev–Trinajstić information content (AvgIpc) is 3.23. The lowest BCUT2D eigenvalue weighted by Gasteiger charge is -2.06. The van der Waals surface area contributed by atoms with Crippen molar-refractivity contribution in [3.05, 3.63) is 47.4 Å². The van der Waals surface area contributed by atoms with Crippen LogP contribution in [0.1, 0.15) is 25.3 Å². The van der Waals surface area contributed by atoms with Gasteiger partial charge in [0.15, 0.2) is 0 Å². The zero-order valence-corrected chi connectivity index (χ0v) is 11.1. The Balaban J connectivity index is 1.66. The van der Waals surface area contributed by atoms with Crippen LogP contribution in [0.15, 0.2) is 36.0 Å². The molecule has 2 rings (SSSR count). The van der Waals surface area contributed by atoms with Crippen molar-refractivity contribution in [2.75, 3.05) is 6.54 Å². The van der Waals surface area contributed by atoms with Gasteiger partial charge in [0.05, 0.1) is 0 Å². The van der Waals surface area contributed by atoms with E-state index in [9.17, 15) is 9.18 Å². The Morgan fingerprint density at radius 3 is 2.68 bits per heavy atom. The van der Waals surface area contributed by atoms with Crippen molar-refractivity contribution in [2.24, 2.45) is 5.92 Å². The third-order valence-electron chi connectivity index (χ3n) is 3.26. The SMILES string of the molecule is C/C(=C\NC(=O)NCCc1ccc(F)cc1)C1CC1. The van der Waals surface area contributed by atoms with Gasteiger partial charge in [-0.05, 0) is 49.8 Å². The lowest BCUT2D eigenvalue weighted by molar-refractivity contribution is 0.244. The molecule has 0 atom stereocenters. The maximum absolute atomic E-state index is 12.7. The monoisotopic (exact) mass is 262 g/mol. The largest absolute Gasteiger partial charge is 0.338 e. The molecular weight excluding hydrogens is 243 g/mol. The fourth-order valence-corrected chi connectivity index (χ4v) is 1.86. The summed E-state index contributed by atoms with van der Waals surface area (Å²) in [5.74, 6) is 0.426. The molecule has 2 N–H and O–H groups in total. The standard InChI is InChI=1S/C15H19FN2O/c1-11(13-4-5-13)10-18-15(19)17-9-8-12-2-6-14(16)7-3-12/h2-3,6-7,10,13H,4-5,8-9H2,1H3,(H2,17,18,19)/b11-10+.